The fraction of sp³-hybridized carbons (Fsp3) is 0.667. The van der Waals surface area contributed by atoms with Gasteiger partial charge in [-0.3, -0.25) is 9.59 Å². The topological polar surface area (TPSA) is 40.6 Å². The van der Waals surface area contributed by atoms with E-state index in [9.17, 15) is 9.59 Å². The zero-order valence-corrected chi connectivity index (χ0v) is 9.52. The van der Waals surface area contributed by atoms with Crippen LogP contribution >= 0.6 is 0 Å². The summed E-state index contributed by atoms with van der Waals surface area (Å²) in [6.45, 7) is 3.34. The van der Waals surface area contributed by atoms with Gasteiger partial charge >= 0.3 is 0 Å². The molecule has 88 valence electrons. The summed E-state index contributed by atoms with van der Waals surface area (Å²) in [5, 5.41) is 0. The van der Waals surface area contributed by atoms with E-state index < -0.39 is 0 Å². The number of rotatable bonds is 2. The summed E-state index contributed by atoms with van der Waals surface area (Å²) in [7, 11) is 0. The molecule has 2 amide bonds. The van der Waals surface area contributed by atoms with Gasteiger partial charge in [-0.2, -0.15) is 0 Å². The Morgan fingerprint density at radius 3 is 1.31 bits per heavy atom. The molecule has 2 aliphatic rings. The van der Waals surface area contributed by atoms with E-state index in [1.165, 1.54) is 12.2 Å². The molecule has 0 bridgehead atoms. The lowest BCUT2D eigenvalue weighted by Gasteiger charge is -2.13. The van der Waals surface area contributed by atoms with Gasteiger partial charge in [-0.1, -0.05) is 0 Å². The van der Waals surface area contributed by atoms with E-state index in [0.29, 0.717) is 0 Å². The van der Waals surface area contributed by atoms with Crippen LogP contribution in [0.15, 0.2) is 12.2 Å². The second kappa shape index (κ2) is 5.14. The fourth-order valence-electron chi connectivity index (χ4n) is 2.23. The number of hydrogen-bond acceptors (Lipinski definition) is 2. The van der Waals surface area contributed by atoms with Crippen LogP contribution in [-0.4, -0.2) is 47.8 Å². The molecular weight excluding hydrogens is 204 g/mol. The van der Waals surface area contributed by atoms with E-state index in [1.807, 2.05) is 0 Å². The van der Waals surface area contributed by atoms with Crippen molar-refractivity contribution in [3.05, 3.63) is 12.2 Å². The molecule has 0 spiro atoms. The van der Waals surface area contributed by atoms with Crippen molar-refractivity contribution in [2.24, 2.45) is 0 Å². The molecule has 0 aromatic rings. The van der Waals surface area contributed by atoms with Gasteiger partial charge in [0.2, 0.25) is 11.8 Å². The summed E-state index contributed by atoms with van der Waals surface area (Å²) in [4.78, 5) is 26.9. The number of likely N-dealkylation sites (tertiary alicyclic amines) is 2. The van der Waals surface area contributed by atoms with Crippen LogP contribution < -0.4 is 0 Å². The monoisotopic (exact) mass is 222 g/mol. The standard InChI is InChI=1S/C12H18N2O2/c15-11(13-7-1-2-8-13)5-6-12(16)14-9-3-4-10-14/h5-6H,1-4,7-10H2/b6-5+. The van der Waals surface area contributed by atoms with Crippen molar-refractivity contribution >= 4 is 11.8 Å². The molecule has 2 saturated heterocycles. The van der Waals surface area contributed by atoms with Gasteiger partial charge in [-0.15, -0.1) is 0 Å². The number of carbonyl (C=O) groups excluding carboxylic acids is 2. The molecule has 2 fully saturated rings. The minimum Gasteiger partial charge on any atom is -0.339 e. The van der Waals surface area contributed by atoms with Crippen molar-refractivity contribution in [1.82, 2.24) is 9.80 Å². The second-order valence-corrected chi connectivity index (χ2v) is 4.40. The summed E-state index contributed by atoms with van der Waals surface area (Å²) in [5.74, 6) is -0.0462. The van der Waals surface area contributed by atoms with Crippen LogP contribution in [0.1, 0.15) is 25.7 Å². The van der Waals surface area contributed by atoms with Gasteiger partial charge in [-0.05, 0) is 25.7 Å². The molecule has 4 heteroatoms. The van der Waals surface area contributed by atoms with Gasteiger partial charge < -0.3 is 9.80 Å². The van der Waals surface area contributed by atoms with E-state index >= 15 is 0 Å². The Morgan fingerprint density at radius 1 is 0.688 bits per heavy atom. The molecule has 0 N–H and O–H groups in total. The molecule has 0 unspecified atom stereocenters. The molecule has 0 saturated carbocycles. The van der Waals surface area contributed by atoms with Crippen molar-refractivity contribution in [2.75, 3.05) is 26.2 Å². The predicted octanol–water partition coefficient (Wildman–Crippen LogP) is 0.787. The quantitative estimate of drug-likeness (QED) is 0.648. The first-order chi connectivity index (χ1) is 7.77. The Morgan fingerprint density at radius 2 is 1.00 bits per heavy atom. The number of carbonyl (C=O) groups is 2. The first-order valence-corrected chi connectivity index (χ1v) is 6.03. The van der Waals surface area contributed by atoms with Gasteiger partial charge in [-0.25, -0.2) is 0 Å². The third-order valence-electron chi connectivity index (χ3n) is 3.20. The Bertz CT molecular complexity index is 270. The highest BCUT2D eigenvalue weighted by Gasteiger charge is 2.18. The third-order valence-corrected chi connectivity index (χ3v) is 3.20. The van der Waals surface area contributed by atoms with Gasteiger partial charge in [0, 0.05) is 38.3 Å². The largest absolute Gasteiger partial charge is 0.339 e. The van der Waals surface area contributed by atoms with Gasteiger partial charge in [0.15, 0.2) is 0 Å². The SMILES string of the molecule is O=C(/C=C/C(=O)N1CCCC1)N1CCCC1. The van der Waals surface area contributed by atoms with Crippen molar-refractivity contribution in [3.8, 4) is 0 Å². The van der Waals surface area contributed by atoms with E-state index in [4.69, 9.17) is 0 Å². The second-order valence-electron chi connectivity index (χ2n) is 4.40. The van der Waals surface area contributed by atoms with E-state index in [0.717, 1.165) is 51.9 Å². The predicted molar refractivity (Wildman–Crippen MR) is 60.8 cm³/mol. The van der Waals surface area contributed by atoms with Crippen LogP contribution in [0.3, 0.4) is 0 Å². The summed E-state index contributed by atoms with van der Waals surface area (Å²) < 4.78 is 0. The Labute approximate surface area is 95.9 Å². The molecule has 0 aromatic carbocycles. The van der Waals surface area contributed by atoms with Crippen molar-refractivity contribution in [2.45, 2.75) is 25.7 Å². The molecule has 2 aliphatic heterocycles. The zero-order valence-electron chi connectivity index (χ0n) is 9.52. The average molecular weight is 222 g/mol. The number of nitrogens with zero attached hydrogens (tertiary/aromatic N) is 2. The molecular formula is C12H18N2O2. The molecule has 0 aromatic heterocycles. The molecule has 2 heterocycles. The smallest absolute Gasteiger partial charge is 0.246 e. The molecule has 0 aliphatic carbocycles. The first-order valence-electron chi connectivity index (χ1n) is 6.03. The highest BCUT2D eigenvalue weighted by Crippen LogP contribution is 2.09. The van der Waals surface area contributed by atoms with E-state index in [1.54, 1.807) is 9.80 Å². The molecule has 0 atom stereocenters. The van der Waals surface area contributed by atoms with Gasteiger partial charge in [0.25, 0.3) is 0 Å². The van der Waals surface area contributed by atoms with Crippen LogP contribution in [0.5, 0.6) is 0 Å². The zero-order chi connectivity index (χ0) is 11.4. The Kier molecular flexibility index (Phi) is 3.59. The maximum absolute atomic E-state index is 11.6. The van der Waals surface area contributed by atoms with Crippen LogP contribution in [0, 0.1) is 0 Å². The first kappa shape index (κ1) is 11.2. The maximum atomic E-state index is 11.6. The minimum absolute atomic E-state index is 0.0231. The highest BCUT2D eigenvalue weighted by atomic mass is 16.2. The lowest BCUT2D eigenvalue weighted by molar-refractivity contribution is -0.127. The van der Waals surface area contributed by atoms with Crippen molar-refractivity contribution in [3.63, 3.8) is 0 Å². The molecule has 16 heavy (non-hydrogen) atoms. The van der Waals surface area contributed by atoms with Gasteiger partial charge in [0.05, 0.1) is 0 Å². The lowest BCUT2D eigenvalue weighted by atomic mass is 10.4. The number of amides is 2. The summed E-state index contributed by atoms with van der Waals surface area (Å²) in [6.07, 6.45) is 7.18. The minimum atomic E-state index is -0.0231. The lowest BCUT2D eigenvalue weighted by Crippen LogP contribution is -2.28. The van der Waals surface area contributed by atoms with Crippen molar-refractivity contribution in [1.29, 1.82) is 0 Å². The summed E-state index contributed by atoms with van der Waals surface area (Å²) in [5.41, 5.74) is 0. The third kappa shape index (κ3) is 2.62. The van der Waals surface area contributed by atoms with Crippen molar-refractivity contribution < 1.29 is 9.59 Å². The summed E-state index contributed by atoms with van der Waals surface area (Å²) >= 11 is 0. The molecule has 4 nitrogen and oxygen atoms in total. The molecule has 2 rings (SSSR count). The molecule has 0 radical (unpaired) electrons. The highest BCUT2D eigenvalue weighted by molar-refractivity contribution is 5.96. The normalized spacial score (nSPS) is 21.0. The fourth-order valence-corrected chi connectivity index (χ4v) is 2.23. The van der Waals surface area contributed by atoms with Crippen LogP contribution in [-0.2, 0) is 9.59 Å². The van der Waals surface area contributed by atoms with E-state index in [-0.39, 0.29) is 11.8 Å². The summed E-state index contributed by atoms with van der Waals surface area (Å²) in [6, 6.07) is 0. The van der Waals surface area contributed by atoms with Gasteiger partial charge in [0.1, 0.15) is 0 Å². The van der Waals surface area contributed by atoms with Crippen LogP contribution in [0.25, 0.3) is 0 Å². The van der Waals surface area contributed by atoms with Crippen LogP contribution in [0.4, 0.5) is 0 Å². The maximum Gasteiger partial charge on any atom is 0.246 e. The Hall–Kier alpha value is -1.32. The van der Waals surface area contributed by atoms with E-state index in [2.05, 4.69) is 0 Å². The number of hydrogen-bond donors (Lipinski definition) is 0. The van der Waals surface area contributed by atoms with Crippen LogP contribution in [0.2, 0.25) is 0 Å². The Balaban J connectivity index is 1.82. The average Bonchev–Trinajstić information content (AvgIpc) is 2.95.